The van der Waals surface area contributed by atoms with Crippen LogP contribution in [0.15, 0.2) is 41.5 Å². The Hall–Kier alpha value is -2.47. The van der Waals surface area contributed by atoms with Crippen LogP contribution in [-0.4, -0.2) is 27.4 Å². The summed E-state index contributed by atoms with van der Waals surface area (Å²) in [6.45, 7) is 4.82. The lowest BCUT2D eigenvalue weighted by Gasteiger charge is -2.16. The number of carbonyl (C=O) groups is 1. The van der Waals surface area contributed by atoms with E-state index in [-0.39, 0.29) is 11.5 Å². The first-order valence-electron chi connectivity index (χ1n) is 7.80. The van der Waals surface area contributed by atoms with Crippen molar-refractivity contribution < 1.29 is 4.79 Å². The van der Waals surface area contributed by atoms with E-state index in [1.165, 1.54) is 11.3 Å². The molecule has 24 heavy (non-hydrogen) atoms. The van der Waals surface area contributed by atoms with Crippen LogP contribution < -0.4 is 5.56 Å². The lowest BCUT2D eigenvalue weighted by molar-refractivity contribution is 0.0789. The Morgan fingerprint density at radius 3 is 2.67 bits per heavy atom. The number of hydrogen-bond acceptors (Lipinski definition) is 4. The van der Waals surface area contributed by atoms with E-state index in [4.69, 9.17) is 0 Å². The van der Waals surface area contributed by atoms with Gasteiger partial charge < -0.3 is 4.90 Å². The number of aromatic nitrogens is 2. The van der Waals surface area contributed by atoms with Gasteiger partial charge in [0.05, 0.1) is 16.6 Å². The summed E-state index contributed by atoms with van der Waals surface area (Å²) in [5, 5.41) is 0.556. The molecule has 0 atom stereocenters. The first kappa shape index (κ1) is 16.4. The van der Waals surface area contributed by atoms with Gasteiger partial charge in [-0.1, -0.05) is 30.3 Å². The number of thiophene rings is 1. The summed E-state index contributed by atoms with van der Waals surface area (Å²) in [6.07, 6.45) is 1.54. The second-order valence-electron chi connectivity index (χ2n) is 5.72. The lowest BCUT2D eigenvalue weighted by Crippen LogP contribution is -2.26. The zero-order valence-electron chi connectivity index (χ0n) is 13.9. The minimum atomic E-state index is -0.0824. The van der Waals surface area contributed by atoms with Crippen molar-refractivity contribution >= 4 is 27.5 Å². The summed E-state index contributed by atoms with van der Waals surface area (Å²) in [6, 6.07) is 9.84. The van der Waals surface area contributed by atoms with Crippen molar-refractivity contribution in [2.24, 2.45) is 0 Å². The van der Waals surface area contributed by atoms with Gasteiger partial charge in [0.15, 0.2) is 0 Å². The van der Waals surface area contributed by atoms with E-state index in [2.05, 4.69) is 4.98 Å². The maximum Gasteiger partial charge on any atom is 0.264 e. The zero-order valence-corrected chi connectivity index (χ0v) is 14.8. The second kappa shape index (κ2) is 6.57. The maximum atomic E-state index is 12.8. The SMILES string of the molecule is CCn1cnc2sc(C(=O)N(C)Cc3ccccc3)c(C)c2c1=O. The molecule has 3 aromatic rings. The number of carbonyl (C=O) groups excluding carboxylic acids is 1. The predicted molar refractivity (Wildman–Crippen MR) is 96.5 cm³/mol. The van der Waals surface area contributed by atoms with Crippen LogP contribution in [0.25, 0.3) is 10.2 Å². The molecule has 0 fully saturated rings. The summed E-state index contributed by atoms with van der Waals surface area (Å²) in [5.74, 6) is -0.0817. The molecule has 6 heteroatoms. The Bertz CT molecular complexity index is 944. The van der Waals surface area contributed by atoms with Crippen molar-refractivity contribution in [1.29, 1.82) is 0 Å². The van der Waals surface area contributed by atoms with E-state index in [1.807, 2.05) is 44.2 Å². The van der Waals surface area contributed by atoms with Crippen LogP contribution >= 0.6 is 11.3 Å². The van der Waals surface area contributed by atoms with Crippen molar-refractivity contribution in [3.05, 3.63) is 63.0 Å². The number of amides is 1. The minimum Gasteiger partial charge on any atom is -0.337 e. The number of aryl methyl sites for hydroxylation is 2. The van der Waals surface area contributed by atoms with E-state index >= 15 is 0 Å². The van der Waals surface area contributed by atoms with Gasteiger partial charge in [0.25, 0.3) is 11.5 Å². The predicted octanol–water partition coefficient (Wildman–Crippen LogP) is 3.06. The average molecular weight is 341 g/mol. The Labute approximate surface area is 144 Å². The van der Waals surface area contributed by atoms with E-state index in [1.54, 1.807) is 22.8 Å². The van der Waals surface area contributed by atoms with Crippen molar-refractivity contribution in [1.82, 2.24) is 14.5 Å². The van der Waals surface area contributed by atoms with Gasteiger partial charge in [-0.05, 0) is 25.0 Å². The van der Waals surface area contributed by atoms with Crippen LogP contribution in [-0.2, 0) is 13.1 Å². The van der Waals surface area contributed by atoms with Crippen LogP contribution in [0.3, 0.4) is 0 Å². The zero-order chi connectivity index (χ0) is 17.3. The second-order valence-corrected chi connectivity index (χ2v) is 6.72. The van der Waals surface area contributed by atoms with E-state index < -0.39 is 0 Å². The summed E-state index contributed by atoms with van der Waals surface area (Å²) < 4.78 is 1.56. The van der Waals surface area contributed by atoms with Gasteiger partial charge in [-0.2, -0.15) is 0 Å². The van der Waals surface area contributed by atoms with E-state index in [0.29, 0.717) is 28.2 Å². The van der Waals surface area contributed by atoms with Gasteiger partial charge in [0.2, 0.25) is 0 Å². The topological polar surface area (TPSA) is 55.2 Å². The molecule has 0 aliphatic rings. The first-order valence-corrected chi connectivity index (χ1v) is 8.62. The Morgan fingerprint density at radius 1 is 1.29 bits per heavy atom. The standard InChI is InChI=1S/C18H19N3O2S/c1-4-21-11-19-16-14(17(21)22)12(2)15(24-16)18(23)20(3)10-13-8-6-5-7-9-13/h5-9,11H,4,10H2,1-3H3. The normalized spacial score (nSPS) is 11.0. The fourth-order valence-corrected chi connectivity index (χ4v) is 3.82. The van der Waals surface area contributed by atoms with Crippen LogP contribution in [0.4, 0.5) is 0 Å². The van der Waals surface area contributed by atoms with Gasteiger partial charge in [-0.15, -0.1) is 11.3 Å². The molecule has 0 bridgehead atoms. The molecule has 1 amide bonds. The summed E-state index contributed by atoms with van der Waals surface area (Å²) >= 11 is 1.29. The highest BCUT2D eigenvalue weighted by Gasteiger charge is 2.21. The minimum absolute atomic E-state index is 0.0817. The maximum absolute atomic E-state index is 12.8. The highest BCUT2D eigenvalue weighted by atomic mass is 32.1. The van der Waals surface area contributed by atoms with Gasteiger partial charge in [-0.3, -0.25) is 14.2 Å². The molecule has 0 spiro atoms. The smallest absolute Gasteiger partial charge is 0.264 e. The number of benzene rings is 1. The molecule has 0 saturated carbocycles. The number of nitrogens with zero attached hydrogens (tertiary/aromatic N) is 3. The fraction of sp³-hybridized carbons (Fsp3) is 0.278. The van der Waals surface area contributed by atoms with E-state index in [9.17, 15) is 9.59 Å². The van der Waals surface area contributed by atoms with Crippen molar-refractivity contribution in [3.63, 3.8) is 0 Å². The lowest BCUT2D eigenvalue weighted by atomic mass is 10.2. The monoisotopic (exact) mass is 341 g/mol. The van der Waals surface area contributed by atoms with Gasteiger partial charge in [0, 0.05) is 20.1 Å². The van der Waals surface area contributed by atoms with Crippen molar-refractivity contribution in [2.45, 2.75) is 26.9 Å². The molecule has 5 nitrogen and oxygen atoms in total. The molecule has 0 N–H and O–H groups in total. The third-order valence-corrected chi connectivity index (χ3v) is 5.25. The van der Waals surface area contributed by atoms with Gasteiger partial charge in [-0.25, -0.2) is 4.98 Å². The molecule has 2 heterocycles. The molecule has 0 unspecified atom stereocenters. The molecule has 0 saturated heterocycles. The quantitative estimate of drug-likeness (QED) is 0.733. The Balaban J connectivity index is 1.97. The Morgan fingerprint density at radius 2 is 2.00 bits per heavy atom. The molecule has 0 radical (unpaired) electrons. The summed E-state index contributed by atoms with van der Waals surface area (Å²) in [7, 11) is 1.77. The van der Waals surface area contributed by atoms with E-state index in [0.717, 1.165) is 11.1 Å². The third-order valence-electron chi connectivity index (χ3n) is 4.06. The van der Waals surface area contributed by atoms with Crippen LogP contribution in [0.2, 0.25) is 0 Å². The van der Waals surface area contributed by atoms with Crippen molar-refractivity contribution in [2.75, 3.05) is 7.05 Å². The highest BCUT2D eigenvalue weighted by Crippen LogP contribution is 2.28. The van der Waals surface area contributed by atoms with Gasteiger partial charge >= 0.3 is 0 Å². The molecule has 0 aliphatic heterocycles. The number of rotatable bonds is 4. The third kappa shape index (κ3) is 2.85. The highest BCUT2D eigenvalue weighted by molar-refractivity contribution is 7.20. The summed E-state index contributed by atoms with van der Waals surface area (Å²) in [4.78, 5) is 32.5. The number of hydrogen-bond donors (Lipinski definition) is 0. The first-order chi connectivity index (χ1) is 11.5. The molecule has 124 valence electrons. The number of fused-ring (bicyclic) bond motifs is 1. The Kier molecular flexibility index (Phi) is 4.49. The molecular formula is C18H19N3O2S. The molecule has 2 aromatic heterocycles. The molecule has 1 aromatic carbocycles. The van der Waals surface area contributed by atoms with Crippen LogP contribution in [0, 0.1) is 6.92 Å². The molecule has 3 rings (SSSR count). The largest absolute Gasteiger partial charge is 0.337 e. The molecular weight excluding hydrogens is 322 g/mol. The van der Waals surface area contributed by atoms with Crippen molar-refractivity contribution in [3.8, 4) is 0 Å². The summed E-state index contributed by atoms with van der Waals surface area (Å²) in [5.41, 5.74) is 1.71. The average Bonchev–Trinajstić information content (AvgIpc) is 2.93. The molecule has 0 aliphatic carbocycles. The van der Waals surface area contributed by atoms with Gasteiger partial charge in [0.1, 0.15) is 4.83 Å². The van der Waals surface area contributed by atoms with Crippen LogP contribution in [0.5, 0.6) is 0 Å². The van der Waals surface area contributed by atoms with Crippen LogP contribution in [0.1, 0.15) is 27.7 Å². The fourth-order valence-electron chi connectivity index (χ4n) is 2.69.